The minimum atomic E-state index is -4.68. The summed E-state index contributed by atoms with van der Waals surface area (Å²) >= 11 is 1.41. The van der Waals surface area contributed by atoms with Gasteiger partial charge in [-0.1, -0.05) is 18.2 Å². The standard InChI is InChI=1S/C26H33FN5O8PS/c1-4-37-25(35)22(12-13-42-3)40-41(36,39-17-8-6-5-7-9-17)38-15-21(33)23(34)26(2,27)18(14-28)19-10-11-20-24(29)30-16-31-32(19)20/h5-11,16,18,21-23,33-34H,4,12-13,15H2,1-3H3,(H2,29,30,31)/t18-,21-,22+,23-,26+,41?/m1/s1. The third-order valence-corrected chi connectivity index (χ3v) is 8.25. The van der Waals surface area contributed by atoms with Gasteiger partial charge in [-0.15, -0.1) is 0 Å². The molecule has 0 bridgehead atoms. The molecule has 0 amide bonds. The SMILES string of the molecule is CCOC(=O)[C@H](CCSC)OP(=O)(OC[C@@H](O)[C@@H](O)[C@@](C)(F)[C@H](C#N)c1ccc2c(N)ncnn12)Oc1ccccc1. The van der Waals surface area contributed by atoms with Crippen LogP contribution in [-0.2, 0) is 23.1 Å². The number of para-hydroxylation sites is 1. The van der Waals surface area contributed by atoms with Crippen LogP contribution in [0.4, 0.5) is 10.2 Å². The summed E-state index contributed by atoms with van der Waals surface area (Å²) in [6, 6.07) is 12.5. The van der Waals surface area contributed by atoms with E-state index in [4.69, 9.17) is 24.0 Å². The van der Waals surface area contributed by atoms with Crippen LogP contribution in [0.25, 0.3) is 5.52 Å². The Balaban J connectivity index is 1.83. The van der Waals surface area contributed by atoms with Crippen LogP contribution in [0, 0.1) is 11.3 Å². The van der Waals surface area contributed by atoms with E-state index in [0.29, 0.717) is 11.3 Å². The summed E-state index contributed by atoms with van der Waals surface area (Å²) in [6.45, 7) is 1.61. The topological polar surface area (TPSA) is 192 Å². The third kappa shape index (κ3) is 7.97. The highest BCUT2D eigenvalue weighted by atomic mass is 32.2. The van der Waals surface area contributed by atoms with Crippen molar-refractivity contribution in [3.05, 3.63) is 54.5 Å². The van der Waals surface area contributed by atoms with Gasteiger partial charge in [0, 0.05) is 0 Å². The van der Waals surface area contributed by atoms with E-state index in [2.05, 4.69) is 10.1 Å². The fourth-order valence-corrected chi connectivity index (χ4v) is 5.82. The van der Waals surface area contributed by atoms with Gasteiger partial charge in [0.2, 0.25) is 0 Å². The first-order valence-corrected chi connectivity index (χ1v) is 15.7. The van der Waals surface area contributed by atoms with Gasteiger partial charge in [0.1, 0.15) is 35.7 Å². The normalized spacial score (nSPS) is 17.3. The number of aliphatic hydroxyl groups excluding tert-OH is 2. The second kappa shape index (κ2) is 14.8. The number of hydrogen-bond donors (Lipinski definition) is 3. The molecule has 1 unspecified atom stereocenters. The Morgan fingerprint density at radius 2 is 2.00 bits per heavy atom. The Hall–Kier alpha value is -3.25. The van der Waals surface area contributed by atoms with E-state index in [1.54, 1.807) is 37.4 Å². The molecule has 2 heterocycles. The highest BCUT2D eigenvalue weighted by Gasteiger charge is 2.48. The minimum Gasteiger partial charge on any atom is -0.464 e. The first kappa shape index (κ1) is 33.3. The second-order valence-corrected chi connectivity index (χ2v) is 11.7. The number of ether oxygens (including phenoxy) is 1. The van der Waals surface area contributed by atoms with E-state index < -0.39 is 50.3 Å². The molecule has 0 aliphatic rings. The molecule has 2 aromatic heterocycles. The number of esters is 1. The number of nitriles is 1. The highest BCUT2D eigenvalue weighted by molar-refractivity contribution is 7.98. The lowest BCUT2D eigenvalue weighted by Gasteiger charge is -2.33. The van der Waals surface area contributed by atoms with E-state index in [9.17, 15) is 24.8 Å². The predicted octanol–water partition coefficient (Wildman–Crippen LogP) is 3.27. The number of alkyl halides is 1. The van der Waals surface area contributed by atoms with E-state index in [1.807, 2.05) is 0 Å². The van der Waals surface area contributed by atoms with Gasteiger partial charge in [-0.3, -0.25) is 9.05 Å². The number of aromatic nitrogens is 3. The molecule has 0 fully saturated rings. The number of aliphatic hydroxyl groups is 2. The predicted molar refractivity (Wildman–Crippen MR) is 152 cm³/mol. The molecule has 0 aliphatic carbocycles. The zero-order valence-electron chi connectivity index (χ0n) is 23.2. The smallest absolute Gasteiger partial charge is 0.464 e. The monoisotopic (exact) mass is 625 g/mol. The van der Waals surface area contributed by atoms with Crippen LogP contribution < -0.4 is 10.3 Å². The number of nitrogens with two attached hydrogens (primary N) is 1. The molecule has 0 spiro atoms. The number of phosphoric acid groups is 1. The van der Waals surface area contributed by atoms with Crippen molar-refractivity contribution in [2.45, 2.75) is 50.2 Å². The molecule has 42 heavy (non-hydrogen) atoms. The van der Waals surface area contributed by atoms with Gasteiger partial charge in [0.15, 0.2) is 17.6 Å². The molecule has 3 rings (SSSR count). The molecule has 16 heteroatoms. The first-order chi connectivity index (χ1) is 20.0. The van der Waals surface area contributed by atoms with Crippen LogP contribution in [-0.4, -0.2) is 80.0 Å². The van der Waals surface area contributed by atoms with Crippen molar-refractivity contribution >= 4 is 36.9 Å². The molecular formula is C26H33FN5O8PS. The number of nitrogens with zero attached hydrogens (tertiary/aromatic N) is 4. The van der Waals surface area contributed by atoms with Crippen LogP contribution in [0.2, 0.25) is 0 Å². The number of carbonyl (C=O) groups is 1. The van der Waals surface area contributed by atoms with Gasteiger partial charge >= 0.3 is 13.8 Å². The summed E-state index contributed by atoms with van der Waals surface area (Å²) in [6.07, 6.45) is -2.57. The van der Waals surface area contributed by atoms with Crippen LogP contribution in [0.3, 0.4) is 0 Å². The minimum absolute atomic E-state index is 0.0400. The Kier molecular flexibility index (Phi) is 11.7. The quantitative estimate of drug-likeness (QED) is 0.155. The zero-order chi connectivity index (χ0) is 30.9. The number of hydrogen-bond acceptors (Lipinski definition) is 13. The number of nitrogen functional groups attached to an aromatic ring is 1. The van der Waals surface area contributed by atoms with Crippen molar-refractivity contribution in [3.63, 3.8) is 0 Å². The lowest BCUT2D eigenvalue weighted by molar-refractivity contribution is -0.152. The Labute approximate surface area is 246 Å². The lowest BCUT2D eigenvalue weighted by atomic mass is 9.82. The largest absolute Gasteiger partial charge is 0.530 e. The summed E-state index contributed by atoms with van der Waals surface area (Å²) in [5, 5.41) is 35.4. The molecule has 3 aromatic rings. The van der Waals surface area contributed by atoms with Gasteiger partial charge < -0.3 is 25.2 Å². The van der Waals surface area contributed by atoms with Gasteiger partial charge in [0.05, 0.1) is 25.0 Å². The number of phosphoric ester groups is 1. The summed E-state index contributed by atoms with van der Waals surface area (Å²) in [5.41, 5.74) is 3.41. The van der Waals surface area contributed by atoms with Crippen molar-refractivity contribution in [1.29, 1.82) is 5.26 Å². The molecule has 1 aromatic carbocycles. The molecule has 4 N–H and O–H groups in total. The van der Waals surface area contributed by atoms with Crippen molar-refractivity contribution in [1.82, 2.24) is 14.6 Å². The number of carbonyl (C=O) groups excluding carboxylic acids is 1. The maximum Gasteiger partial charge on any atom is 0.530 e. The van der Waals surface area contributed by atoms with Crippen molar-refractivity contribution in [3.8, 4) is 11.8 Å². The van der Waals surface area contributed by atoms with Crippen molar-refractivity contribution in [2.24, 2.45) is 0 Å². The summed E-state index contributed by atoms with van der Waals surface area (Å²) in [4.78, 5) is 16.4. The van der Waals surface area contributed by atoms with Crippen LogP contribution in [0.15, 0.2) is 48.8 Å². The maximum absolute atomic E-state index is 16.1. The molecule has 228 valence electrons. The molecular weight excluding hydrogens is 592 g/mol. The Bertz CT molecular complexity index is 1420. The molecule has 6 atom stereocenters. The number of thioether (sulfide) groups is 1. The molecule has 0 aliphatic heterocycles. The highest BCUT2D eigenvalue weighted by Crippen LogP contribution is 2.51. The van der Waals surface area contributed by atoms with E-state index in [0.717, 1.165) is 13.3 Å². The number of halogens is 1. The molecule has 0 radical (unpaired) electrons. The summed E-state index contributed by atoms with van der Waals surface area (Å²) in [5.74, 6) is -1.84. The first-order valence-electron chi connectivity index (χ1n) is 12.8. The average Bonchev–Trinajstić information content (AvgIpc) is 3.39. The van der Waals surface area contributed by atoms with Crippen molar-refractivity contribution < 1.29 is 42.3 Å². The number of anilines is 1. The van der Waals surface area contributed by atoms with Crippen LogP contribution in [0.5, 0.6) is 5.75 Å². The number of rotatable bonds is 16. The van der Waals surface area contributed by atoms with Gasteiger partial charge in [-0.2, -0.15) is 22.1 Å². The van der Waals surface area contributed by atoms with Crippen molar-refractivity contribution in [2.75, 3.05) is 31.0 Å². The van der Waals surface area contributed by atoms with E-state index in [1.165, 1.54) is 40.5 Å². The summed E-state index contributed by atoms with van der Waals surface area (Å²) in [7, 11) is -4.68. The van der Waals surface area contributed by atoms with Gasteiger partial charge in [-0.05, 0) is 56.5 Å². The lowest BCUT2D eigenvalue weighted by Crippen LogP contribution is -2.49. The Morgan fingerprint density at radius 1 is 1.29 bits per heavy atom. The fourth-order valence-electron chi connectivity index (χ4n) is 4.00. The number of benzene rings is 1. The molecule has 13 nitrogen and oxygen atoms in total. The molecule has 0 saturated carbocycles. The van der Waals surface area contributed by atoms with E-state index in [-0.39, 0.29) is 30.3 Å². The number of fused-ring (bicyclic) bond motifs is 1. The second-order valence-electron chi connectivity index (χ2n) is 9.20. The zero-order valence-corrected chi connectivity index (χ0v) is 24.9. The van der Waals surface area contributed by atoms with Gasteiger partial charge in [-0.25, -0.2) is 23.2 Å². The van der Waals surface area contributed by atoms with E-state index >= 15 is 4.39 Å². The molecule has 0 saturated heterocycles. The Morgan fingerprint density at radius 3 is 2.64 bits per heavy atom. The summed E-state index contributed by atoms with van der Waals surface area (Å²) < 4.78 is 52.4. The maximum atomic E-state index is 16.1. The van der Waals surface area contributed by atoms with Gasteiger partial charge in [0.25, 0.3) is 0 Å². The average molecular weight is 626 g/mol. The fraction of sp³-hybridized carbons (Fsp3) is 0.462. The third-order valence-electron chi connectivity index (χ3n) is 6.20. The van der Waals surface area contributed by atoms with Crippen LogP contribution >= 0.6 is 19.6 Å². The van der Waals surface area contributed by atoms with Crippen LogP contribution in [0.1, 0.15) is 31.9 Å².